The van der Waals surface area contributed by atoms with Crippen molar-refractivity contribution in [1.29, 1.82) is 0 Å². The minimum absolute atomic E-state index is 0.243. The van der Waals surface area contributed by atoms with Crippen molar-refractivity contribution >= 4 is 22.4 Å². The van der Waals surface area contributed by atoms with E-state index in [-0.39, 0.29) is 12.0 Å². The zero-order chi connectivity index (χ0) is 19.2. The molecule has 2 saturated carbocycles. The van der Waals surface area contributed by atoms with Gasteiger partial charge in [0.2, 0.25) is 11.0 Å². The summed E-state index contributed by atoms with van der Waals surface area (Å²) in [6, 6.07) is 3.48. The first-order valence-electron chi connectivity index (χ1n) is 10.1. The van der Waals surface area contributed by atoms with Gasteiger partial charge in [-0.3, -0.25) is 10.1 Å². The molecule has 0 unspecified atom stereocenters. The molecule has 0 radical (unpaired) electrons. The van der Waals surface area contributed by atoms with Gasteiger partial charge in [-0.05, 0) is 44.6 Å². The lowest BCUT2D eigenvalue weighted by Crippen LogP contribution is -2.20. The summed E-state index contributed by atoms with van der Waals surface area (Å²) in [5.74, 6) is 0.321. The van der Waals surface area contributed by atoms with Crippen molar-refractivity contribution in [2.45, 2.75) is 76.6 Å². The monoisotopic (exact) mass is 402 g/mol. The highest BCUT2D eigenvalue weighted by Gasteiger charge is 2.18. The number of anilines is 1. The third-order valence-corrected chi connectivity index (χ3v) is 6.08. The molecule has 28 heavy (non-hydrogen) atoms. The quantitative estimate of drug-likeness (QED) is 0.741. The largest absolute Gasteiger partial charge is 0.474 e. The maximum atomic E-state index is 12.4. The van der Waals surface area contributed by atoms with Crippen LogP contribution in [0, 0.1) is 0 Å². The Hall–Kier alpha value is -2.06. The minimum Gasteiger partial charge on any atom is -0.474 e. The van der Waals surface area contributed by atoms with Crippen LogP contribution in [0.4, 0.5) is 5.13 Å². The Morgan fingerprint density at radius 2 is 1.79 bits per heavy atom. The van der Waals surface area contributed by atoms with Crippen LogP contribution in [0.25, 0.3) is 0 Å². The maximum absolute atomic E-state index is 12.4. The highest BCUT2D eigenvalue weighted by Crippen LogP contribution is 2.24. The molecular weight excluding hydrogens is 376 g/mol. The summed E-state index contributed by atoms with van der Waals surface area (Å²) in [7, 11) is 0. The zero-order valence-corrected chi connectivity index (χ0v) is 16.7. The van der Waals surface area contributed by atoms with Crippen LogP contribution in [0.2, 0.25) is 0 Å². The fourth-order valence-corrected chi connectivity index (χ4v) is 4.37. The van der Waals surface area contributed by atoms with Gasteiger partial charge in [-0.1, -0.05) is 30.6 Å². The van der Waals surface area contributed by atoms with E-state index in [1.165, 1.54) is 43.4 Å². The summed E-state index contributed by atoms with van der Waals surface area (Å²) >= 11 is 1.34. The van der Waals surface area contributed by atoms with E-state index in [0.29, 0.717) is 29.3 Å². The highest BCUT2D eigenvalue weighted by atomic mass is 32.1. The van der Waals surface area contributed by atoms with Crippen LogP contribution in [0.3, 0.4) is 0 Å². The molecule has 7 nitrogen and oxygen atoms in total. The van der Waals surface area contributed by atoms with Crippen LogP contribution in [0.1, 0.15) is 73.2 Å². The number of hydrogen-bond donors (Lipinski definition) is 1. The molecule has 0 atom stereocenters. The van der Waals surface area contributed by atoms with E-state index >= 15 is 0 Å². The van der Waals surface area contributed by atoms with Crippen molar-refractivity contribution in [3.8, 4) is 5.88 Å². The molecule has 2 aliphatic rings. The number of carbonyl (C=O) groups excluding carboxylic acids is 1. The van der Waals surface area contributed by atoms with Crippen LogP contribution < -0.4 is 10.1 Å². The van der Waals surface area contributed by atoms with E-state index in [1.54, 1.807) is 18.3 Å². The molecular formula is C20H26N4O3S. The zero-order valence-electron chi connectivity index (χ0n) is 15.9. The van der Waals surface area contributed by atoms with Gasteiger partial charge in [-0.25, -0.2) is 4.98 Å². The smallest absolute Gasteiger partial charge is 0.259 e. The molecule has 1 N–H and O–H groups in total. The number of carbonyl (C=O) groups is 1. The Balaban J connectivity index is 1.27. The Labute approximate surface area is 168 Å². The molecule has 2 aromatic rings. The summed E-state index contributed by atoms with van der Waals surface area (Å²) in [5.41, 5.74) is 0.468. The van der Waals surface area contributed by atoms with Crippen LogP contribution in [-0.4, -0.2) is 33.3 Å². The van der Waals surface area contributed by atoms with E-state index in [1.807, 2.05) is 0 Å². The third-order valence-electron chi connectivity index (χ3n) is 5.27. The van der Waals surface area contributed by atoms with Crippen molar-refractivity contribution in [1.82, 2.24) is 15.2 Å². The van der Waals surface area contributed by atoms with Gasteiger partial charge in [0, 0.05) is 12.3 Å². The topological polar surface area (TPSA) is 86.2 Å². The predicted octanol–water partition coefficient (Wildman–Crippen LogP) is 4.36. The minimum atomic E-state index is -0.254. The lowest BCUT2D eigenvalue weighted by atomic mass is 9.98. The Bertz CT molecular complexity index is 768. The number of rotatable bonds is 7. The second-order valence-electron chi connectivity index (χ2n) is 7.44. The van der Waals surface area contributed by atoms with Crippen molar-refractivity contribution < 1.29 is 14.3 Å². The normalized spacial score (nSPS) is 18.3. The van der Waals surface area contributed by atoms with Gasteiger partial charge >= 0.3 is 0 Å². The average molecular weight is 403 g/mol. The molecule has 0 spiro atoms. The standard InChI is InChI=1S/C20H26N4O3S/c25-19(14-10-11-17(21-12-14)27-16-8-2-1-3-9-16)22-20-24-23-18(28-20)13-26-15-6-4-5-7-15/h10-12,15-16H,1-9,13H2,(H,22,24,25). The first-order chi connectivity index (χ1) is 13.8. The predicted molar refractivity (Wildman–Crippen MR) is 107 cm³/mol. The Morgan fingerprint density at radius 3 is 2.54 bits per heavy atom. The van der Waals surface area contributed by atoms with Gasteiger partial charge in [0.15, 0.2) is 0 Å². The molecule has 2 fully saturated rings. The maximum Gasteiger partial charge on any atom is 0.259 e. The first-order valence-corrected chi connectivity index (χ1v) is 11.0. The second-order valence-corrected chi connectivity index (χ2v) is 8.50. The number of pyridine rings is 1. The molecule has 4 rings (SSSR count). The molecule has 2 heterocycles. The van der Waals surface area contributed by atoms with Gasteiger partial charge < -0.3 is 9.47 Å². The van der Waals surface area contributed by atoms with Gasteiger partial charge in [0.05, 0.1) is 11.7 Å². The van der Waals surface area contributed by atoms with Crippen LogP contribution in [-0.2, 0) is 11.3 Å². The van der Waals surface area contributed by atoms with Gasteiger partial charge in [0.1, 0.15) is 17.7 Å². The van der Waals surface area contributed by atoms with Crippen LogP contribution in [0.5, 0.6) is 5.88 Å². The van der Waals surface area contributed by atoms with Crippen LogP contribution >= 0.6 is 11.3 Å². The number of nitrogens with one attached hydrogen (secondary N) is 1. The Kier molecular flexibility index (Phi) is 6.49. The summed E-state index contributed by atoms with van der Waals surface area (Å²) in [6.07, 6.45) is 12.7. The molecule has 8 heteroatoms. The highest BCUT2D eigenvalue weighted by molar-refractivity contribution is 7.15. The first kappa shape index (κ1) is 19.3. The van der Waals surface area contributed by atoms with E-state index in [2.05, 4.69) is 20.5 Å². The fourth-order valence-electron chi connectivity index (χ4n) is 3.71. The average Bonchev–Trinajstić information content (AvgIpc) is 3.40. The van der Waals surface area contributed by atoms with Crippen LogP contribution in [0.15, 0.2) is 18.3 Å². The van der Waals surface area contributed by atoms with Gasteiger partial charge in [-0.15, -0.1) is 10.2 Å². The molecule has 0 aliphatic heterocycles. The fraction of sp³-hybridized carbons (Fsp3) is 0.600. The molecule has 1 amide bonds. The third kappa shape index (κ3) is 5.26. The summed E-state index contributed by atoms with van der Waals surface area (Å²) in [6.45, 7) is 0.451. The van der Waals surface area contributed by atoms with E-state index in [9.17, 15) is 4.79 Å². The van der Waals surface area contributed by atoms with E-state index in [4.69, 9.17) is 9.47 Å². The summed E-state index contributed by atoms with van der Waals surface area (Å²) in [5, 5.41) is 12.2. The number of nitrogens with zero attached hydrogens (tertiary/aromatic N) is 3. The van der Waals surface area contributed by atoms with Gasteiger partial charge in [0.25, 0.3) is 5.91 Å². The summed E-state index contributed by atoms with van der Waals surface area (Å²) < 4.78 is 11.7. The molecule has 2 aromatic heterocycles. The molecule has 0 saturated heterocycles. The molecule has 2 aliphatic carbocycles. The number of ether oxygens (including phenoxy) is 2. The van der Waals surface area contributed by atoms with Crippen molar-refractivity contribution in [3.63, 3.8) is 0 Å². The number of amides is 1. The number of aromatic nitrogens is 3. The van der Waals surface area contributed by atoms with Crippen molar-refractivity contribution in [2.75, 3.05) is 5.32 Å². The Morgan fingerprint density at radius 1 is 1.04 bits per heavy atom. The SMILES string of the molecule is O=C(Nc1nnc(COC2CCCC2)s1)c1ccc(OC2CCCCC2)nc1. The number of hydrogen-bond acceptors (Lipinski definition) is 7. The molecule has 150 valence electrons. The van der Waals surface area contributed by atoms with Gasteiger partial charge in [-0.2, -0.15) is 0 Å². The lowest BCUT2D eigenvalue weighted by molar-refractivity contribution is 0.0453. The van der Waals surface area contributed by atoms with Crippen molar-refractivity contribution in [2.24, 2.45) is 0 Å². The van der Waals surface area contributed by atoms with E-state index in [0.717, 1.165) is 30.7 Å². The second kappa shape index (κ2) is 9.43. The summed E-state index contributed by atoms with van der Waals surface area (Å²) in [4.78, 5) is 16.7. The molecule has 0 bridgehead atoms. The van der Waals surface area contributed by atoms with E-state index < -0.39 is 0 Å². The van der Waals surface area contributed by atoms with Crippen molar-refractivity contribution in [3.05, 3.63) is 28.9 Å². The lowest BCUT2D eigenvalue weighted by Gasteiger charge is -2.22. The molecule has 0 aromatic carbocycles.